The largest absolute Gasteiger partial charge is 0.433 e. The summed E-state index contributed by atoms with van der Waals surface area (Å²) >= 11 is 0. The SMILES string of the molecule is COCCC(C)NCc1ccc([N+](=O)[O-])o1. The summed E-state index contributed by atoms with van der Waals surface area (Å²) in [6.07, 6.45) is 0.888. The molecule has 0 fully saturated rings. The maximum atomic E-state index is 10.4. The van der Waals surface area contributed by atoms with E-state index in [0.717, 1.165) is 6.42 Å². The number of hydrogen-bond acceptors (Lipinski definition) is 5. The number of nitrogens with one attached hydrogen (secondary N) is 1. The van der Waals surface area contributed by atoms with Crippen LogP contribution in [0.25, 0.3) is 0 Å². The highest BCUT2D eigenvalue weighted by Crippen LogP contribution is 2.15. The Balaban J connectivity index is 2.33. The molecule has 90 valence electrons. The molecule has 6 heteroatoms. The van der Waals surface area contributed by atoms with Crippen molar-refractivity contribution in [1.29, 1.82) is 0 Å². The molecule has 0 radical (unpaired) electrons. The first-order chi connectivity index (χ1) is 7.63. The Morgan fingerprint density at radius 2 is 2.38 bits per heavy atom. The summed E-state index contributed by atoms with van der Waals surface area (Å²) in [5.74, 6) is 0.345. The number of hydrogen-bond donors (Lipinski definition) is 1. The van der Waals surface area contributed by atoms with Gasteiger partial charge in [-0.1, -0.05) is 0 Å². The maximum Gasteiger partial charge on any atom is 0.433 e. The second-order valence-electron chi connectivity index (χ2n) is 3.56. The molecule has 0 aliphatic heterocycles. The van der Waals surface area contributed by atoms with Crippen molar-refractivity contribution < 1.29 is 14.1 Å². The maximum absolute atomic E-state index is 10.4. The fourth-order valence-corrected chi connectivity index (χ4v) is 1.23. The molecule has 0 aromatic carbocycles. The lowest BCUT2D eigenvalue weighted by molar-refractivity contribution is -0.402. The molecule has 16 heavy (non-hydrogen) atoms. The number of methoxy groups -OCH3 is 1. The van der Waals surface area contributed by atoms with E-state index in [0.29, 0.717) is 18.9 Å². The van der Waals surface area contributed by atoms with E-state index in [1.807, 2.05) is 6.92 Å². The Labute approximate surface area is 93.7 Å². The van der Waals surface area contributed by atoms with Gasteiger partial charge < -0.3 is 14.5 Å². The molecule has 0 saturated heterocycles. The Bertz CT molecular complexity index is 337. The van der Waals surface area contributed by atoms with Crippen LogP contribution < -0.4 is 5.32 Å². The Morgan fingerprint density at radius 3 is 2.94 bits per heavy atom. The fraction of sp³-hybridized carbons (Fsp3) is 0.600. The van der Waals surface area contributed by atoms with Crippen LogP contribution in [0.4, 0.5) is 5.88 Å². The summed E-state index contributed by atoms with van der Waals surface area (Å²) in [4.78, 5) is 9.82. The van der Waals surface area contributed by atoms with E-state index in [9.17, 15) is 10.1 Å². The third-order valence-corrected chi connectivity index (χ3v) is 2.21. The van der Waals surface area contributed by atoms with Crippen LogP contribution in [0.1, 0.15) is 19.1 Å². The van der Waals surface area contributed by atoms with Crippen molar-refractivity contribution >= 4 is 5.88 Å². The first kappa shape index (κ1) is 12.7. The first-order valence-corrected chi connectivity index (χ1v) is 5.09. The second kappa shape index (κ2) is 6.24. The van der Waals surface area contributed by atoms with Gasteiger partial charge in [0.2, 0.25) is 0 Å². The molecule has 1 aromatic rings. The van der Waals surface area contributed by atoms with E-state index in [-0.39, 0.29) is 11.9 Å². The lowest BCUT2D eigenvalue weighted by Crippen LogP contribution is -2.26. The normalized spacial score (nSPS) is 12.6. The van der Waals surface area contributed by atoms with Crippen molar-refractivity contribution in [3.63, 3.8) is 0 Å². The summed E-state index contributed by atoms with van der Waals surface area (Å²) in [5, 5.41) is 13.6. The van der Waals surface area contributed by atoms with Gasteiger partial charge in [-0.25, -0.2) is 0 Å². The third-order valence-electron chi connectivity index (χ3n) is 2.21. The summed E-state index contributed by atoms with van der Waals surface area (Å²) in [7, 11) is 1.66. The van der Waals surface area contributed by atoms with E-state index < -0.39 is 4.92 Å². The average Bonchev–Trinajstić information content (AvgIpc) is 2.72. The van der Waals surface area contributed by atoms with Crippen LogP contribution in [0.3, 0.4) is 0 Å². The predicted octanol–water partition coefficient (Wildman–Crippen LogP) is 1.70. The van der Waals surface area contributed by atoms with Crippen LogP contribution in [0, 0.1) is 10.1 Å². The van der Waals surface area contributed by atoms with Crippen LogP contribution >= 0.6 is 0 Å². The van der Waals surface area contributed by atoms with Crippen molar-refractivity contribution in [2.24, 2.45) is 0 Å². The van der Waals surface area contributed by atoms with Gasteiger partial charge in [0.15, 0.2) is 0 Å². The molecule has 0 bridgehead atoms. The lowest BCUT2D eigenvalue weighted by Gasteiger charge is -2.11. The molecule has 0 spiro atoms. The van der Waals surface area contributed by atoms with Gasteiger partial charge in [0.05, 0.1) is 12.6 Å². The Kier molecular flexibility index (Phi) is 4.94. The number of rotatable bonds is 7. The number of nitro groups is 1. The van der Waals surface area contributed by atoms with E-state index in [1.165, 1.54) is 6.07 Å². The van der Waals surface area contributed by atoms with Gasteiger partial charge in [0.1, 0.15) is 10.7 Å². The van der Waals surface area contributed by atoms with Gasteiger partial charge in [-0.15, -0.1) is 0 Å². The summed E-state index contributed by atoms with van der Waals surface area (Å²) < 4.78 is 9.95. The molecule has 0 amide bonds. The Hall–Kier alpha value is -1.40. The van der Waals surface area contributed by atoms with Crippen LogP contribution in [0.5, 0.6) is 0 Å². The highest BCUT2D eigenvalue weighted by Gasteiger charge is 2.11. The van der Waals surface area contributed by atoms with Gasteiger partial charge >= 0.3 is 5.88 Å². The molecule has 1 unspecified atom stereocenters. The highest BCUT2D eigenvalue weighted by atomic mass is 16.6. The standard InChI is InChI=1S/C10H16N2O4/c1-8(5-6-15-2)11-7-9-3-4-10(16-9)12(13)14/h3-4,8,11H,5-7H2,1-2H3. The van der Waals surface area contributed by atoms with Gasteiger partial charge in [-0.2, -0.15) is 0 Å². The molecular weight excluding hydrogens is 212 g/mol. The quantitative estimate of drug-likeness (QED) is 0.567. The van der Waals surface area contributed by atoms with Crippen molar-refractivity contribution in [2.45, 2.75) is 25.9 Å². The van der Waals surface area contributed by atoms with Gasteiger partial charge in [0, 0.05) is 19.8 Å². The van der Waals surface area contributed by atoms with Crippen LogP contribution in [-0.4, -0.2) is 24.7 Å². The molecule has 0 saturated carbocycles. The van der Waals surface area contributed by atoms with E-state index in [1.54, 1.807) is 13.2 Å². The topological polar surface area (TPSA) is 77.5 Å². The fourth-order valence-electron chi connectivity index (χ4n) is 1.23. The monoisotopic (exact) mass is 228 g/mol. The van der Waals surface area contributed by atoms with Crippen molar-refractivity contribution in [2.75, 3.05) is 13.7 Å². The summed E-state index contributed by atoms with van der Waals surface area (Å²) in [6, 6.07) is 3.24. The zero-order valence-corrected chi connectivity index (χ0v) is 9.43. The average molecular weight is 228 g/mol. The molecule has 1 rings (SSSR count). The third kappa shape index (κ3) is 4.00. The highest BCUT2D eigenvalue weighted by molar-refractivity contribution is 5.17. The number of furan rings is 1. The number of nitrogens with zero attached hydrogens (tertiary/aromatic N) is 1. The molecule has 6 nitrogen and oxygen atoms in total. The summed E-state index contributed by atoms with van der Waals surface area (Å²) in [6.45, 7) is 3.20. The van der Waals surface area contributed by atoms with Crippen LogP contribution in [-0.2, 0) is 11.3 Å². The summed E-state index contributed by atoms with van der Waals surface area (Å²) in [5.41, 5.74) is 0. The molecule has 1 atom stereocenters. The zero-order valence-electron chi connectivity index (χ0n) is 9.43. The molecule has 1 aromatic heterocycles. The minimum Gasteiger partial charge on any atom is -0.404 e. The van der Waals surface area contributed by atoms with Gasteiger partial charge in [-0.05, 0) is 19.4 Å². The molecular formula is C10H16N2O4. The minimum atomic E-state index is -0.544. The molecule has 0 aliphatic rings. The first-order valence-electron chi connectivity index (χ1n) is 5.09. The lowest BCUT2D eigenvalue weighted by atomic mass is 10.2. The van der Waals surface area contributed by atoms with Crippen molar-refractivity contribution in [1.82, 2.24) is 5.32 Å². The Morgan fingerprint density at radius 1 is 1.62 bits per heavy atom. The van der Waals surface area contributed by atoms with E-state index in [4.69, 9.17) is 9.15 Å². The smallest absolute Gasteiger partial charge is 0.404 e. The molecule has 1 N–H and O–H groups in total. The van der Waals surface area contributed by atoms with Crippen LogP contribution in [0.15, 0.2) is 16.5 Å². The van der Waals surface area contributed by atoms with Crippen molar-refractivity contribution in [3.8, 4) is 0 Å². The van der Waals surface area contributed by atoms with Gasteiger partial charge in [-0.3, -0.25) is 10.1 Å². The van der Waals surface area contributed by atoms with Crippen LogP contribution in [0.2, 0.25) is 0 Å². The molecule has 1 heterocycles. The second-order valence-corrected chi connectivity index (χ2v) is 3.56. The zero-order chi connectivity index (χ0) is 12.0. The van der Waals surface area contributed by atoms with E-state index in [2.05, 4.69) is 5.32 Å². The van der Waals surface area contributed by atoms with E-state index >= 15 is 0 Å². The predicted molar refractivity (Wildman–Crippen MR) is 58.2 cm³/mol. The minimum absolute atomic E-state index is 0.221. The van der Waals surface area contributed by atoms with Crippen molar-refractivity contribution in [3.05, 3.63) is 28.0 Å². The molecule has 0 aliphatic carbocycles. The number of ether oxygens (including phenoxy) is 1. The van der Waals surface area contributed by atoms with Gasteiger partial charge in [0.25, 0.3) is 0 Å².